The monoisotopic (exact) mass is 520 g/mol. The second-order valence-corrected chi connectivity index (χ2v) is 7.49. The lowest BCUT2D eigenvalue weighted by Crippen LogP contribution is -2.21. The van der Waals surface area contributed by atoms with Gasteiger partial charge >= 0.3 is 5.97 Å². The number of carbonyl (C=O) groups excluding carboxylic acids is 2. The summed E-state index contributed by atoms with van der Waals surface area (Å²) in [5.41, 5.74) is 2.60. The van der Waals surface area contributed by atoms with Crippen molar-refractivity contribution < 1.29 is 23.8 Å². The van der Waals surface area contributed by atoms with E-state index in [-0.39, 0.29) is 12.5 Å². The Morgan fingerprint density at radius 1 is 1.20 bits per heavy atom. The predicted octanol–water partition coefficient (Wildman–Crippen LogP) is 4.05. The third-order valence-electron chi connectivity index (χ3n) is 4.27. The van der Waals surface area contributed by atoms with Gasteiger partial charge in [0.15, 0.2) is 18.1 Å². The highest BCUT2D eigenvalue weighted by molar-refractivity contribution is 14.1. The van der Waals surface area contributed by atoms with Crippen LogP contribution < -0.4 is 14.5 Å². The van der Waals surface area contributed by atoms with Gasteiger partial charge in [-0.25, -0.2) is 4.79 Å². The number of hydrazone groups is 1. The van der Waals surface area contributed by atoms with E-state index in [4.69, 9.17) is 9.47 Å². The average Bonchev–Trinajstić information content (AvgIpc) is 3.02. The Balaban J connectivity index is 1.92. The molecule has 156 valence electrons. The lowest BCUT2D eigenvalue weighted by atomic mass is 10.1. The Labute approximate surface area is 188 Å². The maximum absolute atomic E-state index is 12.9. The molecule has 0 spiro atoms. The van der Waals surface area contributed by atoms with E-state index in [1.165, 1.54) is 12.1 Å². The Morgan fingerprint density at radius 2 is 1.93 bits per heavy atom. The normalized spacial score (nSPS) is 14.7. The number of rotatable bonds is 7. The third-order valence-corrected chi connectivity index (χ3v) is 5.07. The molecule has 2 aromatic carbocycles. The molecule has 0 N–H and O–H groups in total. The number of benzene rings is 2. The van der Waals surface area contributed by atoms with Crippen LogP contribution in [0.5, 0.6) is 11.5 Å². The van der Waals surface area contributed by atoms with Crippen molar-refractivity contribution in [3.8, 4) is 11.5 Å². The van der Waals surface area contributed by atoms with Crippen molar-refractivity contribution in [2.24, 2.45) is 5.10 Å². The van der Waals surface area contributed by atoms with E-state index in [9.17, 15) is 9.59 Å². The fourth-order valence-electron chi connectivity index (χ4n) is 2.86. The minimum absolute atomic E-state index is 0.197. The summed E-state index contributed by atoms with van der Waals surface area (Å²) in [6, 6.07) is 12.9. The second-order valence-electron chi connectivity index (χ2n) is 6.32. The van der Waals surface area contributed by atoms with Crippen molar-refractivity contribution in [2.75, 3.05) is 25.3 Å². The molecule has 0 bridgehead atoms. The van der Waals surface area contributed by atoms with Gasteiger partial charge in [0.2, 0.25) is 0 Å². The minimum Gasteiger partial charge on any atom is -0.490 e. The largest absolute Gasteiger partial charge is 0.490 e. The van der Waals surface area contributed by atoms with Crippen molar-refractivity contribution in [3.63, 3.8) is 0 Å². The molecule has 1 aliphatic heterocycles. The molecule has 1 amide bonds. The number of carbonyl (C=O) groups is 2. The standard InChI is InChI=1S/C22H21IN2O5/c1-4-29-19-12-15(11-18(23)21(19)30-13-20(26)28-3)10-17-14(2)24-25(22(17)27)16-8-6-5-7-9-16/h5-12H,4,13H2,1-3H3/b17-10+. The summed E-state index contributed by atoms with van der Waals surface area (Å²) in [5.74, 6) is 0.265. The molecule has 0 aliphatic carbocycles. The first-order chi connectivity index (χ1) is 14.4. The number of hydrogen-bond acceptors (Lipinski definition) is 6. The van der Waals surface area contributed by atoms with Crippen molar-refractivity contribution in [1.82, 2.24) is 0 Å². The Hall–Kier alpha value is -2.88. The van der Waals surface area contributed by atoms with E-state index in [0.29, 0.717) is 35.1 Å². The SMILES string of the molecule is CCOc1cc(/C=C2/C(=O)N(c3ccccc3)N=C2C)cc(I)c1OCC(=O)OC. The van der Waals surface area contributed by atoms with Gasteiger partial charge in [-0.15, -0.1) is 0 Å². The number of amides is 1. The van der Waals surface area contributed by atoms with E-state index in [2.05, 4.69) is 32.4 Å². The van der Waals surface area contributed by atoms with Crippen LogP contribution in [-0.4, -0.2) is 37.9 Å². The van der Waals surface area contributed by atoms with Crippen LogP contribution in [0.25, 0.3) is 6.08 Å². The minimum atomic E-state index is -0.483. The summed E-state index contributed by atoms with van der Waals surface area (Å²) in [7, 11) is 1.30. The van der Waals surface area contributed by atoms with Crippen molar-refractivity contribution in [3.05, 3.63) is 57.2 Å². The molecular formula is C22H21IN2O5. The zero-order valence-corrected chi connectivity index (χ0v) is 19.0. The fraction of sp³-hybridized carbons (Fsp3) is 0.227. The maximum atomic E-state index is 12.9. The average molecular weight is 520 g/mol. The number of nitrogens with zero attached hydrogens (tertiary/aromatic N) is 2. The Morgan fingerprint density at radius 3 is 2.60 bits per heavy atom. The van der Waals surface area contributed by atoms with Gasteiger partial charge in [-0.3, -0.25) is 4.79 Å². The van der Waals surface area contributed by atoms with Gasteiger partial charge in [0, 0.05) is 0 Å². The van der Waals surface area contributed by atoms with Gasteiger partial charge < -0.3 is 14.2 Å². The quantitative estimate of drug-likeness (QED) is 0.313. The number of halogens is 1. The molecule has 2 aromatic rings. The van der Waals surface area contributed by atoms with Gasteiger partial charge in [0.25, 0.3) is 5.91 Å². The fourth-order valence-corrected chi connectivity index (χ4v) is 3.64. The summed E-state index contributed by atoms with van der Waals surface area (Å²) in [5, 5.41) is 5.79. The summed E-state index contributed by atoms with van der Waals surface area (Å²) in [6.45, 7) is 3.86. The number of hydrogen-bond donors (Lipinski definition) is 0. The smallest absolute Gasteiger partial charge is 0.343 e. The molecule has 0 saturated carbocycles. The molecule has 8 heteroatoms. The summed E-state index contributed by atoms with van der Waals surface area (Å²) in [6.07, 6.45) is 1.78. The van der Waals surface area contributed by atoms with Gasteiger partial charge in [0.1, 0.15) is 0 Å². The lowest BCUT2D eigenvalue weighted by molar-refractivity contribution is -0.142. The summed E-state index contributed by atoms with van der Waals surface area (Å²) >= 11 is 2.11. The molecule has 0 aromatic heterocycles. The number of ether oxygens (including phenoxy) is 3. The first-order valence-corrected chi connectivity index (χ1v) is 10.3. The van der Waals surface area contributed by atoms with Crippen LogP contribution in [-0.2, 0) is 14.3 Å². The molecule has 1 heterocycles. The highest BCUT2D eigenvalue weighted by Gasteiger charge is 2.28. The van der Waals surface area contributed by atoms with E-state index in [1.807, 2.05) is 43.3 Å². The molecule has 0 radical (unpaired) electrons. The van der Waals surface area contributed by atoms with E-state index in [1.54, 1.807) is 19.1 Å². The van der Waals surface area contributed by atoms with E-state index < -0.39 is 5.97 Å². The van der Waals surface area contributed by atoms with Gasteiger partial charge in [0.05, 0.1) is 34.3 Å². The topological polar surface area (TPSA) is 77.4 Å². The Kier molecular flexibility index (Phi) is 7.09. The maximum Gasteiger partial charge on any atom is 0.343 e. The zero-order chi connectivity index (χ0) is 21.7. The van der Waals surface area contributed by atoms with Crippen LogP contribution in [0.1, 0.15) is 19.4 Å². The van der Waals surface area contributed by atoms with Crippen LogP contribution in [0.4, 0.5) is 5.69 Å². The van der Waals surface area contributed by atoms with Crippen molar-refractivity contribution >= 4 is 51.9 Å². The molecule has 30 heavy (non-hydrogen) atoms. The van der Waals surface area contributed by atoms with Gasteiger partial charge in [-0.2, -0.15) is 10.1 Å². The molecule has 0 saturated heterocycles. The Bertz CT molecular complexity index is 1020. The molecule has 7 nitrogen and oxygen atoms in total. The number of methoxy groups -OCH3 is 1. The number of esters is 1. The van der Waals surface area contributed by atoms with Crippen LogP contribution in [0.2, 0.25) is 0 Å². The van der Waals surface area contributed by atoms with Crippen LogP contribution in [0.3, 0.4) is 0 Å². The molecule has 0 fully saturated rings. The summed E-state index contributed by atoms with van der Waals surface area (Å²) < 4.78 is 16.7. The number of anilines is 1. The predicted molar refractivity (Wildman–Crippen MR) is 123 cm³/mol. The van der Waals surface area contributed by atoms with Crippen LogP contribution in [0.15, 0.2) is 53.1 Å². The molecule has 3 rings (SSSR count). The van der Waals surface area contributed by atoms with Crippen LogP contribution >= 0.6 is 22.6 Å². The van der Waals surface area contributed by atoms with Crippen molar-refractivity contribution in [2.45, 2.75) is 13.8 Å². The van der Waals surface area contributed by atoms with Crippen molar-refractivity contribution in [1.29, 1.82) is 0 Å². The molecule has 1 aliphatic rings. The first kappa shape index (κ1) is 21.8. The lowest BCUT2D eigenvalue weighted by Gasteiger charge is -2.14. The number of para-hydroxylation sites is 1. The zero-order valence-electron chi connectivity index (χ0n) is 16.8. The molecule has 0 unspecified atom stereocenters. The van der Waals surface area contributed by atoms with Crippen LogP contribution in [0, 0.1) is 3.57 Å². The highest BCUT2D eigenvalue weighted by atomic mass is 127. The molecular weight excluding hydrogens is 499 g/mol. The molecule has 0 atom stereocenters. The van der Waals surface area contributed by atoms with E-state index in [0.717, 1.165) is 9.13 Å². The highest BCUT2D eigenvalue weighted by Crippen LogP contribution is 2.35. The van der Waals surface area contributed by atoms with Gasteiger partial charge in [-0.1, -0.05) is 18.2 Å². The second kappa shape index (κ2) is 9.75. The first-order valence-electron chi connectivity index (χ1n) is 9.27. The third kappa shape index (κ3) is 4.81. The van der Waals surface area contributed by atoms with E-state index >= 15 is 0 Å². The summed E-state index contributed by atoms with van der Waals surface area (Å²) in [4.78, 5) is 24.4. The van der Waals surface area contributed by atoms with Gasteiger partial charge in [-0.05, 0) is 72.3 Å².